The third kappa shape index (κ3) is 4.95. The Hall–Kier alpha value is -1.74. The van der Waals surface area contributed by atoms with Gasteiger partial charge in [-0.05, 0) is 42.7 Å². The minimum Gasteiger partial charge on any atom is -0.325 e. The zero-order chi connectivity index (χ0) is 19.4. The second kappa shape index (κ2) is 8.52. The van der Waals surface area contributed by atoms with Gasteiger partial charge in [-0.2, -0.15) is 17.0 Å². The molecule has 1 amide bonds. The molecule has 2 aromatic rings. The van der Waals surface area contributed by atoms with Crippen LogP contribution in [0.1, 0.15) is 17.5 Å². The zero-order valence-corrected chi connectivity index (χ0v) is 17.5. The lowest BCUT2D eigenvalue weighted by Gasteiger charge is -2.34. The van der Waals surface area contributed by atoms with Gasteiger partial charge in [-0.25, -0.2) is 0 Å². The van der Waals surface area contributed by atoms with Crippen LogP contribution >= 0.6 is 15.9 Å². The molecule has 1 saturated heterocycles. The van der Waals surface area contributed by atoms with Gasteiger partial charge in [0, 0.05) is 29.8 Å². The molecule has 1 fully saturated rings. The summed E-state index contributed by atoms with van der Waals surface area (Å²) in [6.45, 7) is 2.86. The molecule has 0 atom stereocenters. The van der Waals surface area contributed by atoms with Crippen molar-refractivity contribution in [3.05, 3.63) is 64.1 Å². The monoisotopic (exact) mass is 451 g/mol. The maximum Gasteiger partial charge on any atom is 0.282 e. The van der Waals surface area contributed by atoms with Crippen LogP contribution in [0.2, 0.25) is 0 Å². The Balaban J connectivity index is 1.66. The molecule has 1 aliphatic rings. The number of hydrogen-bond donors (Lipinski definition) is 1. The Morgan fingerprint density at radius 1 is 1.11 bits per heavy atom. The van der Waals surface area contributed by atoms with Gasteiger partial charge in [0.15, 0.2) is 0 Å². The lowest BCUT2D eigenvalue weighted by Crippen LogP contribution is -2.51. The van der Waals surface area contributed by atoms with Crippen LogP contribution < -0.4 is 5.32 Å². The van der Waals surface area contributed by atoms with Crippen molar-refractivity contribution >= 4 is 37.7 Å². The number of carbonyl (C=O) groups is 1. The summed E-state index contributed by atoms with van der Waals surface area (Å²) >= 11 is 3.42. The predicted molar refractivity (Wildman–Crippen MR) is 109 cm³/mol. The van der Waals surface area contributed by atoms with Crippen molar-refractivity contribution in [2.24, 2.45) is 0 Å². The summed E-state index contributed by atoms with van der Waals surface area (Å²) in [7, 11) is -3.67. The van der Waals surface area contributed by atoms with Gasteiger partial charge in [0.1, 0.15) is 0 Å². The third-order valence-corrected chi connectivity index (χ3v) is 7.25. The summed E-state index contributed by atoms with van der Waals surface area (Å²) in [6.07, 6.45) is 0.691. The normalized spacial score (nSPS) is 17.6. The quantitative estimate of drug-likeness (QED) is 0.758. The molecule has 0 saturated carbocycles. The SMILES string of the molecule is Cc1cc(NC(=O)CN2CCCN(Cc3ccccc3)S2(=O)=O)ccc1Br. The molecule has 0 radical (unpaired) electrons. The van der Waals surface area contributed by atoms with Crippen LogP contribution in [0.25, 0.3) is 0 Å². The first-order valence-electron chi connectivity index (χ1n) is 8.71. The van der Waals surface area contributed by atoms with E-state index >= 15 is 0 Å². The molecule has 8 heteroatoms. The molecule has 1 heterocycles. The number of hydrogen-bond acceptors (Lipinski definition) is 3. The first-order valence-corrected chi connectivity index (χ1v) is 10.9. The molecule has 0 aliphatic carbocycles. The smallest absolute Gasteiger partial charge is 0.282 e. The number of aryl methyl sites for hydroxylation is 1. The van der Waals surface area contributed by atoms with Crippen LogP contribution in [0.3, 0.4) is 0 Å². The summed E-state index contributed by atoms with van der Waals surface area (Å²) in [5.41, 5.74) is 2.57. The Bertz CT molecular complexity index is 919. The van der Waals surface area contributed by atoms with Crippen LogP contribution in [-0.2, 0) is 21.5 Å². The van der Waals surface area contributed by atoms with E-state index in [1.165, 1.54) is 8.61 Å². The molecule has 27 heavy (non-hydrogen) atoms. The highest BCUT2D eigenvalue weighted by Crippen LogP contribution is 2.21. The number of rotatable bonds is 5. The Morgan fingerprint density at radius 2 is 1.81 bits per heavy atom. The molecule has 0 bridgehead atoms. The molecule has 1 aliphatic heterocycles. The lowest BCUT2D eigenvalue weighted by atomic mass is 10.2. The van der Waals surface area contributed by atoms with Gasteiger partial charge in [0.2, 0.25) is 5.91 Å². The molecule has 0 spiro atoms. The summed E-state index contributed by atoms with van der Waals surface area (Å²) in [4.78, 5) is 12.4. The minimum absolute atomic E-state index is 0.192. The van der Waals surface area contributed by atoms with E-state index in [1.54, 1.807) is 6.07 Å². The van der Waals surface area contributed by atoms with E-state index in [1.807, 2.05) is 49.4 Å². The second-order valence-electron chi connectivity index (χ2n) is 6.53. The minimum atomic E-state index is -3.67. The van der Waals surface area contributed by atoms with Gasteiger partial charge in [0.05, 0.1) is 6.54 Å². The number of carbonyl (C=O) groups excluding carboxylic acids is 1. The number of nitrogens with one attached hydrogen (secondary N) is 1. The largest absolute Gasteiger partial charge is 0.325 e. The van der Waals surface area contributed by atoms with E-state index in [9.17, 15) is 13.2 Å². The molecule has 0 aromatic heterocycles. The Kier molecular flexibility index (Phi) is 6.31. The zero-order valence-electron chi connectivity index (χ0n) is 15.1. The standard InChI is InChI=1S/C19H22BrN3O3S/c1-15-12-17(8-9-18(15)20)21-19(24)14-23-11-5-10-22(27(23,25)26)13-16-6-3-2-4-7-16/h2-4,6-9,12H,5,10-11,13-14H2,1H3,(H,21,24). The van der Waals surface area contributed by atoms with Crippen molar-refractivity contribution in [2.75, 3.05) is 25.0 Å². The van der Waals surface area contributed by atoms with Crippen LogP contribution in [-0.4, -0.2) is 42.6 Å². The average molecular weight is 452 g/mol. The van der Waals surface area contributed by atoms with E-state index in [-0.39, 0.29) is 12.5 Å². The van der Waals surface area contributed by atoms with E-state index in [2.05, 4.69) is 21.2 Å². The fourth-order valence-corrected chi connectivity index (χ4v) is 4.89. The molecule has 3 rings (SSSR count). The highest BCUT2D eigenvalue weighted by atomic mass is 79.9. The van der Waals surface area contributed by atoms with Crippen molar-refractivity contribution in [2.45, 2.75) is 19.9 Å². The molecule has 144 valence electrons. The van der Waals surface area contributed by atoms with Gasteiger partial charge in [-0.15, -0.1) is 0 Å². The third-order valence-electron chi connectivity index (χ3n) is 4.43. The average Bonchev–Trinajstić information content (AvgIpc) is 2.63. The van der Waals surface area contributed by atoms with Crippen molar-refractivity contribution in [3.8, 4) is 0 Å². The number of anilines is 1. The van der Waals surface area contributed by atoms with Crippen molar-refractivity contribution in [3.63, 3.8) is 0 Å². The fourth-order valence-electron chi connectivity index (χ4n) is 3.01. The second-order valence-corrected chi connectivity index (χ2v) is 9.31. The summed E-state index contributed by atoms with van der Waals surface area (Å²) in [6, 6.07) is 14.9. The molecule has 6 nitrogen and oxygen atoms in total. The molecular weight excluding hydrogens is 430 g/mol. The van der Waals surface area contributed by atoms with Crippen molar-refractivity contribution < 1.29 is 13.2 Å². The molecule has 0 unspecified atom stereocenters. The first-order chi connectivity index (χ1) is 12.9. The predicted octanol–water partition coefficient (Wildman–Crippen LogP) is 3.15. The Morgan fingerprint density at radius 3 is 2.52 bits per heavy atom. The van der Waals surface area contributed by atoms with E-state index in [0.29, 0.717) is 31.7 Å². The van der Waals surface area contributed by atoms with Crippen LogP contribution in [0.4, 0.5) is 5.69 Å². The maximum atomic E-state index is 12.9. The van der Waals surface area contributed by atoms with Gasteiger partial charge in [-0.1, -0.05) is 46.3 Å². The van der Waals surface area contributed by atoms with E-state index < -0.39 is 10.2 Å². The van der Waals surface area contributed by atoms with E-state index in [4.69, 9.17) is 0 Å². The maximum absolute atomic E-state index is 12.9. The number of benzene rings is 2. The van der Waals surface area contributed by atoms with Crippen molar-refractivity contribution in [1.29, 1.82) is 0 Å². The molecular formula is C19H22BrN3O3S. The summed E-state index contributed by atoms with van der Waals surface area (Å²) in [5, 5.41) is 2.78. The molecule has 1 N–H and O–H groups in total. The highest BCUT2D eigenvalue weighted by molar-refractivity contribution is 9.10. The lowest BCUT2D eigenvalue weighted by molar-refractivity contribution is -0.116. The van der Waals surface area contributed by atoms with Crippen LogP contribution in [0, 0.1) is 6.92 Å². The van der Waals surface area contributed by atoms with Gasteiger partial charge >= 0.3 is 0 Å². The van der Waals surface area contributed by atoms with Gasteiger partial charge in [-0.3, -0.25) is 4.79 Å². The highest BCUT2D eigenvalue weighted by Gasteiger charge is 2.34. The van der Waals surface area contributed by atoms with Crippen LogP contribution in [0.15, 0.2) is 53.0 Å². The summed E-state index contributed by atoms with van der Waals surface area (Å²) in [5.74, 6) is -0.346. The number of nitrogens with zero attached hydrogens (tertiary/aromatic N) is 2. The van der Waals surface area contributed by atoms with E-state index in [0.717, 1.165) is 15.6 Å². The topological polar surface area (TPSA) is 69.7 Å². The number of halogens is 1. The van der Waals surface area contributed by atoms with Crippen LogP contribution in [0.5, 0.6) is 0 Å². The number of amides is 1. The fraction of sp³-hybridized carbons (Fsp3) is 0.316. The molecule has 2 aromatic carbocycles. The van der Waals surface area contributed by atoms with Crippen molar-refractivity contribution in [1.82, 2.24) is 8.61 Å². The first kappa shape index (κ1) is 20.0. The van der Waals surface area contributed by atoms with Gasteiger partial charge < -0.3 is 5.32 Å². The summed E-state index contributed by atoms with van der Waals surface area (Å²) < 4.78 is 29.4. The Labute approximate surface area is 168 Å². The van der Waals surface area contributed by atoms with Gasteiger partial charge in [0.25, 0.3) is 10.2 Å².